The lowest BCUT2D eigenvalue weighted by Gasteiger charge is -1.84. The predicted octanol–water partition coefficient (Wildman–Crippen LogP) is 1.17. The standard InChI is InChI=1S/C6H9NO/c1-2-5(1)6-3-4-8-7-6/h5H,1-4H2. The van der Waals surface area contributed by atoms with E-state index in [1.807, 2.05) is 0 Å². The monoisotopic (exact) mass is 111 g/mol. The number of nitrogens with zero attached hydrogens (tertiary/aromatic N) is 1. The van der Waals surface area contributed by atoms with Gasteiger partial charge in [-0.3, -0.25) is 0 Å². The normalized spacial score (nSPS) is 27.2. The van der Waals surface area contributed by atoms with E-state index in [0.717, 1.165) is 18.9 Å². The molecule has 1 aliphatic heterocycles. The summed E-state index contributed by atoms with van der Waals surface area (Å²) >= 11 is 0. The first kappa shape index (κ1) is 4.36. The molecule has 0 atom stereocenters. The fraction of sp³-hybridized carbons (Fsp3) is 0.833. The third-order valence-corrected chi connectivity index (χ3v) is 1.68. The van der Waals surface area contributed by atoms with E-state index in [1.165, 1.54) is 18.6 Å². The van der Waals surface area contributed by atoms with Gasteiger partial charge in [0.25, 0.3) is 0 Å². The van der Waals surface area contributed by atoms with Crippen LogP contribution in [-0.2, 0) is 4.84 Å². The number of oxime groups is 1. The fourth-order valence-electron chi connectivity index (χ4n) is 1.02. The molecule has 2 nitrogen and oxygen atoms in total. The molecule has 0 spiro atoms. The van der Waals surface area contributed by atoms with Gasteiger partial charge in [-0.1, -0.05) is 5.16 Å². The number of hydrogen-bond donors (Lipinski definition) is 0. The Morgan fingerprint density at radius 2 is 2.38 bits per heavy atom. The maximum Gasteiger partial charge on any atom is 0.122 e. The van der Waals surface area contributed by atoms with E-state index in [0.29, 0.717) is 0 Å². The minimum Gasteiger partial charge on any atom is -0.395 e. The smallest absolute Gasteiger partial charge is 0.122 e. The van der Waals surface area contributed by atoms with Crippen LogP contribution in [0.4, 0.5) is 0 Å². The lowest BCUT2D eigenvalue weighted by atomic mass is 10.2. The zero-order valence-corrected chi connectivity index (χ0v) is 4.76. The maximum atomic E-state index is 4.85. The van der Waals surface area contributed by atoms with Gasteiger partial charge in [0.1, 0.15) is 6.61 Å². The molecule has 2 rings (SSSR count). The van der Waals surface area contributed by atoms with E-state index < -0.39 is 0 Å². The molecule has 0 aromatic rings. The van der Waals surface area contributed by atoms with Crippen LogP contribution in [0.25, 0.3) is 0 Å². The minimum absolute atomic E-state index is 0.817. The maximum absolute atomic E-state index is 4.85. The summed E-state index contributed by atoms with van der Waals surface area (Å²) in [5, 5.41) is 3.91. The van der Waals surface area contributed by atoms with Gasteiger partial charge in [-0.15, -0.1) is 0 Å². The van der Waals surface area contributed by atoms with Crippen LogP contribution in [0.15, 0.2) is 5.16 Å². The Bertz CT molecular complexity index is 126. The summed E-state index contributed by atoms with van der Waals surface area (Å²) in [4.78, 5) is 4.85. The first-order valence-electron chi connectivity index (χ1n) is 3.15. The van der Waals surface area contributed by atoms with Crippen molar-refractivity contribution < 1.29 is 4.84 Å². The Morgan fingerprint density at radius 3 is 2.88 bits per heavy atom. The first-order valence-corrected chi connectivity index (χ1v) is 3.15. The molecule has 0 bridgehead atoms. The molecule has 0 unspecified atom stereocenters. The molecule has 0 N–H and O–H groups in total. The molecular formula is C6H9NO. The van der Waals surface area contributed by atoms with Crippen molar-refractivity contribution in [1.29, 1.82) is 0 Å². The third kappa shape index (κ3) is 0.602. The SMILES string of the molecule is C1CC(C2CC2)=NO1. The first-order chi connectivity index (χ1) is 3.97. The second-order valence-corrected chi connectivity index (χ2v) is 2.44. The summed E-state index contributed by atoms with van der Waals surface area (Å²) in [6.45, 7) is 0.825. The summed E-state index contributed by atoms with van der Waals surface area (Å²) in [6, 6.07) is 0. The van der Waals surface area contributed by atoms with Crippen molar-refractivity contribution in [2.75, 3.05) is 6.61 Å². The van der Waals surface area contributed by atoms with Gasteiger partial charge >= 0.3 is 0 Å². The third-order valence-electron chi connectivity index (χ3n) is 1.68. The average molecular weight is 111 g/mol. The molecule has 1 aliphatic carbocycles. The van der Waals surface area contributed by atoms with E-state index >= 15 is 0 Å². The largest absolute Gasteiger partial charge is 0.395 e. The van der Waals surface area contributed by atoms with Gasteiger partial charge in [-0.05, 0) is 12.8 Å². The van der Waals surface area contributed by atoms with Crippen molar-refractivity contribution in [1.82, 2.24) is 0 Å². The van der Waals surface area contributed by atoms with E-state index in [2.05, 4.69) is 5.16 Å². The van der Waals surface area contributed by atoms with E-state index in [9.17, 15) is 0 Å². The summed E-state index contributed by atoms with van der Waals surface area (Å²) in [5.74, 6) is 0.817. The summed E-state index contributed by atoms with van der Waals surface area (Å²) in [7, 11) is 0. The highest BCUT2D eigenvalue weighted by Crippen LogP contribution is 2.33. The van der Waals surface area contributed by atoms with Crippen LogP contribution in [0, 0.1) is 5.92 Å². The molecule has 0 aromatic heterocycles. The summed E-state index contributed by atoms with van der Waals surface area (Å²) < 4.78 is 0. The van der Waals surface area contributed by atoms with E-state index in [-0.39, 0.29) is 0 Å². The molecule has 44 valence electrons. The second-order valence-electron chi connectivity index (χ2n) is 2.44. The highest BCUT2D eigenvalue weighted by atomic mass is 16.6. The van der Waals surface area contributed by atoms with E-state index in [4.69, 9.17) is 4.84 Å². The van der Waals surface area contributed by atoms with Crippen molar-refractivity contribution >= 4 is 5.71 Å². The Kier molecular flexibility index (Phi) is 0.802. The highest BCUT2D eigenvalue weighted by molar-refractivity contribution is 5.89. The van der Waals surface area contributed by atoms with Crippen molar-refractivity contribution in [2.45, 2.75) is 19.3 Å². The van der Waals surface area contributed by atoms with Crippen LogP contribution < -0.4 is 0 Å². The van der Waals surface area contributed by atoms with Crippen molar-refractivity contribution in [3.63, 3.8) is 0 Å². The Balaban J connectivity index is 2.02. The van der Waals surface area contributed by atoms with Crippen LogP contribution in [0.1, 0.15) is 19.3 Å². The van der Waals surface area contributed by atoms with Crippen LogP contribution in [-0.4, -0.2) is 12.3 Å². The molecule has 0 aromatic carbocycles. The van der Waals surface area contributed by atoms with Crippen LogP contribution in [0.5, 0.6) is 0 Å². The molecule has 2 aliphatic rings. The number of rotatable bonds is 1. The Labute approximate surface area is 48.5 Å². The van der Waals surface area contributed by atoms with Crippen LogP contribution >= 0.6 is 0 Å². The molecule has 2 heteroatoms. The minimum atomic E-state index is 0.817. The van der Waals surface area contributed by atoms with Gasteiger partial charge in [0.2, 0.25) is 0 Å². The zero-order chi connectivity index (χ0) is 5.40. The molecule has 0 radical (unpaired) electrons. The molecule has 0 saturated heterocycles. The van der Waals surface area contributed by atoms with Gasteiger partial charge in [0.15, 0.2) is 0 Å². The second kappa shape index (κ2) is 1.47. The average Bonchev–Trinajstić information content (AvgIpc) is 2.49. The quantitative estimate of drug-likeness (QED) is 0.497. The van der Waals surface area contributed by atoms with Gasteiger partial charge in [0, 0.05) is 12.3 Å². The Morgan fingerprint density at radius 1 is 1.50 bits per heavy atom. The number of hydrogen-bond acceptors (Lipinski definition) is 2. The fourth-order valence-corrected chi connectivity index (χ4v) is 1.02. The molecule has 1 heterocycles. The zero-order valence-electron chi connectivity index (χ0n) is 4.76. The lowest BCUT2D eigenvalue weighted by Crippen LogP contribution is -1.95. The lowest BCUT2D eigenvalue weighted by molar-refractivity contribution is 0.173. The summed E-state index contributed by atoms with van der Waals surface area (Å²) in [6.07, 6.45) is 3.79. The van der Waals surface area contributed by atoms with Gasteiger partial charge in [-0.25, -0.2) is 0 Å². The molecule has 0 amide bonds. The predicted molar refractivity (Wildman–Crippen MR) is 30.7 cm³/mol. The molecule has 1 fully saturated rings. The summed E-state index contributed by atoms with van der Waals surface area (Å²) in [5.41, 5.74) is 1.31. The molecular weight excluding hydrogens is 102 g/mol. The molecule has 8 heavy (non-hydrogen) atoms. The van der Waals surface area contributed by atoms with Crippen molar-refractivity contribution in [2.24, 2.45) is 11.1 Å². The van der Waals surface area contributed by atoms with Crippen LogP contribution in [0.3, 0.4) is 0 Å². The van der Waals surface area contributed by atoms with Crippen LogP contribution in [0.2, 0.25) is 0 Å². The van der Waals surface area contributed by atoms with Crippen molar-refractivity contribution in [3.8, 4) is 0 Å². The van der Waals surface area contributed by atoms with Crippen molar-refractivity contribution in [3.05, 3.63) is 0 Å². The van der Waals surface area contributed by atoms with E-state index in [1.54, 1.807) is 0 Å². The van der Waals surface area contributed by atoms with Gasteiger partial charge in [-0.2, -0.15) is 0 Å². The Hall–Kier alpha value is -0.530. The van der Waals surface area contributed by atoms with Gasteiger partial charge in [0.05, 0.1) is 5.71 Å². The highest BCUT2D eigenvalue weighted by Gasteiger charge is 2.29. The molecule has 1 saturated carbocycles. The topological polar surface area (TPSA) is 21.6 Å². The van der Waals surface area contributed by atoms with Gasteiger partial charge < -0.3 is 4.84 Å².